The monoisotopic (exact) mass is 259 g/mol. The van der Waals surface area contributed by atoms with Gasteiger partial charge in [-0.25, -0.2) is 4.79 Å². The zero-order valence-electron chi connectivity index (χ0n) is 11.1. The molecule has 4 nitrogen and oxygen atoms in total. The lowest BCUT2D eigenvalue weighted by molar-refractivity contribution is 0.0527. The summed E-state index contributed by atoms with van der Waals surface area (Å²) < 4.78 is 10.4. The number of rotatable bonds is 5. The number of carbonyl (C=O) groups excluding carboxylic acids is 1. The summed E-state index contributed by atoms with van der Waals surface area (Å²) in [4.78, 5) is 11.8. The van der Waals surface area contributed by atoms with Gasteiger partial charge in [0.05, 0.1) is 25.0 Å². The number of benzene rings is 1. The lowest BCUT2D eigenvalue weighted by Crippen LogP contribution is -2.09. The standard InChI is InChI=1S/C15H17NO3/c1-3-18-15(17)12-6-4-5-7-13(12)16-10-14-11(2)8-9-19-14/h4-9,16H,3,10H2,1-2H3. The number of para-hydroxylation sites is 1. The minimum atomic E-state index is -0.318. The van der Waals surface area contributed by atoms with Gasteiger partial charge in [-0.15, -0.1) is 0 Å². The van der Waals surface area contributed by atoms with Gasteiger partial charge in [0.2, 0.25) is 0 Å². The molecule has 0 saturated carbocycles. The van der Waals surface area contributed by atoms with Crippen LogP contribution in [0.5, 0.6) is 0 Å². The van der Waals surface area contributed by atoms with Crippen molar-refractivity contribution in [2.75, 3.05) is 11.9 Å². The van der Waals surface area contributed by atoms with Crippen LogP contribution in [0.1, 0.15) is 28.6 Å². The summed E-state index contributed by atoms with van der Waals surface area (Å²) in [6, 6.07) is 9.20. The molecule has 2 aromatic rings. The quantitative estimate of drug-likeness (QED) is 0.836. The lowest BCUT2D eigenvalue weighted by atomic mass is 10.1. The van der Waals surface area contributed by atoms with Crippen LogP contribution >= 0.6 is 0 Å². The Bertz CT molecular complexity index is 560. The second kappa shape index (κ2) is 6.09. The van der Waals surface area contributed by atoms with E-state index < -0.39 is 0 Å². The Morgan fingerprint density at radius 3 is 2.79 bits per heavy atom. The molecule has 1 heterocycles. The molecule has 0 saturated heterocycles. The number of esters is 1. The molecule has 1 aromatic heterocycles. The van der Waals surface area contributed by atoms with E-state index in [9.17, 15) is 4.79 Å². The molecule has 0 aliphatic heterocycles. The first-order chi connectivity index (χ1) is 9.22. The van der Waals surface area contributed by atoms with Crippen molar-refractivity contribution in [2.45, 2.75) is 20.4 Å². The summed E-state index contributed by atoms with van der Waals surface area (Å²) in [5.41, 5.74) is 2.37. The summed E-state index contributed by atoms with van der Waals surface area (Å²) in [6.07, 6.45) is 1.66. The van der Waals surface area contributed by atoms with E-state index in [0.29, 0.717) is 18.7 Å². The van der Waals surface area contributed by atoms with E-state index in [0.717, 1.165) is 17.0 Å². The molecule has 0 amide bonds. The van der Waals surface area contributed by atoms with Gasteiger partial charge < -0.3 is 14.5 Å². The van der Waals surface area contributed by atoms with E-state index in [1.807, 2.05) is 31.2 Å². The minimum Gasteiger partial charge on any atom is -0.467 e. The van der Waals surface area contributed by atoms with Gasteiger partial charge in [0.25, 0.3) is 0 Å². The molecule has 4 heteroatoms. The third-order valence-electron chi connectivity index (χ3n) is 2.83. The molecule has 0 radical (unpaired) electrons. The number of furan rings is 1. The summed E-state index contributed by atoms with van der Waals surface area (Å²) in [7, 11) is 0. The Balaban J connectivity index is 2.12. The van der Waals surface area contributed by atoms with Gasteiger partial charge in [0, 0.05) is 5.69 Å². The fourth-order valence-electron chi connectivity index (χ4n) is 1.78. The highest BCUT2D eigenvalue weighted by molar-refractivity contribution is 5.95. The highest BCUT2D eigenvalue weighted by Crippen LogP contribution is 2.18. The Morgan fingerprint density at radius 2 is 2.11 bits per heavy atom. The van der Waals surface area contributed by atoms with Gasteiger partial charge in [-0.3, -0.25) is 0 Å². The van der Waals surface area contributed by atoms with Gasteiger partial charge in [-0.2, -0.15) is 0 Å². The Hall–Kier alpha value is -2.23. The van der Waals surface area contributed by atoms with Crippen molar-refractivity contribution in [2.24, 2.45) is 0 Å². The molecular weight excluding hydrogens is 242 g/mol. The Labute approximate surface area is 112 Å². The molecule has 0 spiro atoms. The van der Waals surface area contributed by atoms with Crippen LogP contribution in [0.3, 0.4) is 0 Å². The van der Waals surface area contributed by atoms with Crippen LogP contribution < -0.4 is 5.32 Å². The van der Waals surface area contributed by atoms with Crippen LogP contribution in [0.4, 0.5) is 5.69 Å². The van der Waals surface area contributed by atoms with Crippen LogP contribution in [-0.4, -0.2) is 12.6 Å². The first kappa shape index (κ1) is 13.2. The highest BCUT2D eigenvalue weighted by Gasteiger charge is 2.12. The van der Waals surface area contributed by atoms with Gasteiger partial charge in [0.15, 0.2) is 0 Å². The first-order valence-corrected chi connectivity index (χ1v) is 6.25. The normalized spacial score (nSPS) is 10.2. The number of anilines is 1. The molecule has 19 heavy (non-hydrogen) atoms. The average Bonchev–Trinajstić information content (AvgIpc) is 2.82. The molecule has 1 N–H and O–H groups in total. The molecule has 0 atom stereocenters. The SMILES string of the molecule is CCOC(=O)c1ccccc1NCc1occc1C. The van der Waals surface area contributed by atoms with Crippen molar-refractivity contribution in [3.05, 3.63) is 53.5 Å². The Morgan fingerprint density at radius 1 is 1.32 bits per heavy atom. The molecule has 0 unspecified atom stereocenters. The second-order valence-electron chi connectivity index (χ2n) is 4.15. The summed E-state index contributed by atoms with van der Waals surface area (Å²) in [6.45, 7) is 4.68. The van der Waals surface area contributed by atoms with E-state index >= 15 is 0 Å². The zero-order chi connectivity index (χ0) is 13.7. The predicted molar refractivity (Wildman–Crippen MR) is 73.2 cm³/mol. The van der Waals surface area contributed by atoms with Gasteiger partial charge in [0.1, 0.15) is 5.76 Å². The van der Waals surface area contributed by atoms with Crippen LogP contribution in [0.15, 0.2) is 41.0 Å². The molecule has 0 bridgehead atoms. The van der Waals surface area contributed by atoms with Crippen molar-refractivity contribution in [3.8, 4) is 0 Å². The number of ether oxygens (including phenoxy) is 1. The largest absolute Gasteiger partial charge is 0.467 e. The van der Waals surface area contributed by atoms with Crippen molar-refractivity contribution < 1.29 is 13.9 Å². The molecule has 0 aliphatic carbocycles. The maximum absolute atomic E-state index is 11.8. The minimum absolute atomic E-state index is 0.318. The molecular formula is C15H17NO3. The summed E-state index contributed by atoms with van der Waals surface area (Å²) >= 11 is 0. The number of hydrogen-bond donors (Lipinski definition) is 1. The fraction of sp³-hybridized carbons (Fsp3) is 0.267. The van der Waals surface area contributed by atoms with Gasteiger partial charge in [-0.05, 0) is 37.6 Å². The third kappa shape index (κ3) is 3.16. The van der Waals surface area contributed by atoms with Crippen LogP contribution in [0, 0.1) is 6.92 Å². The maximum atomic E-state index is 11.8. The number of carbonyl (C=O) groups is 1. The van der Waals surface area contributed by atoms with Crippen LogP contribution in [0.25, 0.3) is 0 Å². The summed E-state index contributed by atoms with van der Waals surface area (Å²) in [5, 5.41) is 3.20. The molecule has 100 valence electrons. The van der Waals surface area contributed by atoms with Gasteiger partial charge >= 0.3 is 5.97 Å². The Kier molecular flexibility index (Phi) is 4.23. The van der Waals surface area contributed by atoms with E-state index in [-0.39, 0.29) is 5.97 Å². The van der Waals surface area contributed by atoms with E-state index in [1.165, 1.54) is 0 Å². The number of nitrogens with one attached hydrogen (secondary N) is 1. The third-order valence-corrected chi connectivity index (χ3v) is 2.83. The van der Waals surface area contributed by atoms with Crippen molar-refractivity contribution >= 4 is 11.7 Å². The molecule has 0 aliphatic rings. The van der Waals surface area contributed by atoms with Crippen molar-refractivity contribution in [1.29, 1.82) is 0 Å². The first-order valence-electron chi connectivity index (χ1n) is 6.25. The lowest BCUT2D eigenvalue weighted by Gasteiger charge is -2.10. The zero-order valence-corrected chi connectivity index (χ0v) is 11.1. The van der Waals surface area contributed by atoms with Gasteiger partial charge in [-0.1, -0.05) is 12.1 Å². The predicted octanol–water partition coefficient (Wildman–Crippen LogP) is 3.38. The smallest absolute Gasteiger partial charge is 0.340 e. The van der Waals surface area contributed by atoms with Crippen molar-refractivity contribution in [3.63, 3.8) is 0 Å². The topological polar surface area (TPSA) is 51.5 Å². The number of aryl methyl sites for hydroxylation is 1. The van der Waals surface area contributed by atoms with E-state index in [2.05, 4.69) is 5.32 Å². The molecule has 2 rings (SSSR count). The maximum Gasteiger partial charge on any atom is 0.340 e. The van der Waals surface area contributed by atoms with E-state index in [4.69, 9.17) is 9.15 Å². The number of hydrogen-bond acceptors (Lipinski definition) is 4. The summed E-state index contributed by atoms with van der Waals surface area (Å²) in [5.74, 6) is 0.542. The van der Waals surface area contributed by atoms with Crippen LogP contribution in [0.2, 0.25) is 0 Å². The molecule has 1 aromatic carbocycles. The second-order valence-corrected chi connectivity index (χ2v) is 4.15. The van der Waals surface area contributed by atoms with Crippen molar-refractivity contribution in [1.82, 2.24) is 0 Å². The van der Waals surface area contributed by atoms with Crippen LogP contribution in [-0.2, 0) is 11.3 Å². The average molecular weight is 259 g/mol. The fourth-order valence-corrected chi connectivity index (χ4v) is 1.78. The van der Waals surface area contributed by atoms with E-state index in [1.54, 1.807) is 19.3 Å². The molecule has 0 fully saturated rings. The highest BCUT2D eigenvalue weighted by atomic mass is 16.5.